The van der Waals surface area contributed by atoms with Crippen molar-refractivity contribution >= 4 is 11.9 Å². The van der Waals surface area contributed by atoms with Crippen molar-refractivity contribution in [1.29, 1.82) is 0 Å². The van der Waals surface area contributed by atoms with Gasteiger partial charge in [0, 0.05) is 24.0 Å². The highest BCUT2D eigenvalue weighted by atomic mass is 16.5. The van der Waals surface area contributed by atoms with E-state index in [0.29, 0.717) is 0 Å². The van der Waals surface area contributed by atoms with Crippen LogP contribution in [0.15, 0.2) is 23.3 Å². The molecule has 0 aromatic heterocycles. The maximum Gasteiger partial charge on any atom is 0.333 e. The first-order valence-electron chi connectivity index (χ1n) is 7.96. The second-order valence-electron chi connectivity index (χ2n) is 5.40. The van der Waals surface area contributed by atoms with Gasteiger partial charge < -0.3 is 24.8 Å². The van der Waals surface area contributed by atoms with Crippen molar-refractivity contribution in [2.45, 2.75) is 58.8 Å². The van der Waals surface area contributed by atoms with Gasteiger partial charge in [0.25, 0.3) is 0 Å². The van der Waals surface area contributed by atoms with Gasteiger partial charge in [-0.2, -0.15) is 0 Å². The molecule has 0 aromatic rings. The zero-order valence-corrected chi connectivity index (χ0v) is 14.7. The average Bonchev–Trinajstić information content (AvgIpc) is 2.46. The van der Waals surface area contributed by atoms with E-state index in [2.05, 4.69) is 0 Å². The van der Waals surface area contributed by atoms with Gasteiger partial charge in [-0.3, -0.25) is 0 Å². The summed E-state index contributed by atoms with van der Waals surface area (Å²) in [6, 6.07) is 0. The Morgan fingerprint density at radius 2 is 1.17 bits per heavy atom. The highest BCUT2D eigenvalue weighted by molar-refractivity contribution is 5.88. The monoisotopic (exact) mass is 344 g/mol. The normalized spacial score (nSPS) is 16.3. The molecule has 0 aliphatic heterocycles. The van der Waals surface area contributed by atoms with E-state index in [9.17, 15) is 24.9 Å². The highest BCUT2D eigenvalue weighted by Gasteiger charge is 2.16. The predicted molar refractivity (Wildman–Crippen MR) is 88.0 cm³/mol. The Hall–Kier alpha value is -1.70. The van der Waals surface area contributed by atoms with Crippen LogP contribution in [0.4, 0.5) is 0 Å². The van der Waals surface area contributed by atoms with Gasteiger partial charge in [-0.25, -0.2) is 9.59 Å². The van der Waals surface area contributed by atoms with Crippen LogP contribution in [0.2, 0.25) is 0 Å². The van der Waals surface area contributed by atoms with Crippen molar-refractivity contribution < 1.29 is 34.4 Å². The molecule has 0 bridgehead atoms. The number of ether oxygens (including phenoxy) is 2. The zero-order valence-electron chi connectivity index (χ0n) is 14.7. The molecule has 0 amide bonds. The minimum Gasteiger partial charge on any atom is -0.463 e. The van der Waals surface area contributed by atoms with Crippen molar-refractivity contribution in [2.75, 3.05) is 13.2 Å². The Kier molecular flexibility index (Phi) is 10.9. The third kappa shape index (κ3) is 9.44. The van der Waals surface area contributed by atoms with Crippen molar-refractivity contribution in [3.05, 3.63) is 23.3 Å². The molecular formula is C17H28O7. The fourth-order valence-corrected chi connectivity index (χ4v) is 1.99. The second kappa shape index (κ2) is 11.8. The summed E-state index contributed by atoms with van der Waals surface area (Å²) in [6.07, 6.45) is -0.619. The number of carbonyl (C=O) groups excluding carboxylic acids is 2. The fourth-order valence-electron chi connectivity index (χ4n) is 1.99. The molecular weight excluding hydrogens is 316 g/mol. The number of esters is 2. The van der Waals surface area contributed by atoms with Crippen LogP contribution >= 0.6 is 0 Å². The van der Waals surface area contributed by atoms with Crippen LogP contribution in [0.3, 0.4) is 0 Å². The summed E-state index contributed by atoms with van der Waals surface area (Å²) in [6.45, 7) is 6.85. The minimum absolute atomic E-state index is 0.0555. The molecule has 0 unspecified atom stereocenters. The number of aliphatic hydroxyl groups excluding tert-OH is 3. The van der Waals surface area contributed by atoms with Gasteiger partial charge in [0.15, 0.2) is 0 Å². The lowest BCUT2D eigenvalue weighted by molar-refractivity contribution is -0.139. The summed E-state index contributed by atoms with van der Waals surface area (Å²) in [5.41, 5.74) is 0.491. The third-order valence-corrected chi connectivity index (χ3v) is 3.11. The van der Waals surface area contributed by atoms with Gasteiger partial charge >= 0.3 is 11.9 Å². The molecule has 0 radical (unpaired) electrons. The molecule has 7 heteroatoms. The molecule has 7 nitrogen and oxygen atoms in total. The predicted octanol–water partition coefficient (Wildman–Crippen LogP) is 0.868. The number of carbonyl (C=O) groups is 2. The Balaban J connectivity index is 4.49. The van der Waals surface area contributed by atoms with E-state index in [4.69, 9.17) is 9.47 Å². The van der Waals surface area contributed by atoms with E-state index < -0.39 is 30.3 Å². The third-order valence-electron chi connectivity index (χ3n) is 3.11. The first-order valence-corrected chi connectivity index (χ1v) is 7.96. The minimum atomic E-state index is -1.05. The van der Waals surface area contributed by atoms with Crippen molar-refractivity contribution in [3.8, 4) is 0 Å². The van der Waals surface area contributed by atoms with Gasteiger partial charge in [0.05, 0.1) is 31.5 Å². The Morgan fingerprint density at radius 1 is 0.833 bits per heavy atom. The smallest absolute Gasteiger partial charge is 0.333 e. The number of hydrogen-bond acceptors (Lipinski definition) is 7. The van der Waals surface area contributed by atoms with Crippen molar-refractivity contribution in [1.82, 2.24) is 0 Å². The SMILES string of the molecule is CCOC(=O)/C(C)=C/[C@H](O)CC(O)C[C@@H](O)/C=C(\C)C(=O)OCC. The topological polar surface area (TPSA) is 113 Å². The van der Waals surface area contributed by atoms with Crippen LogP contribution in [0.1, 0.15) is 40.5 Å². The lowest BCUT2D eigenvalue weighted by Gasteiger charge is -2.16. The molecule has 2 atom stereocenters. The molecule has 0 saturated carbocycles. The molecule has 24 heavy (non-hydrogen) atoms. The molecule has 0 aliphatic rings. The van der Waals surface area contributed by atoms with Gasteiger partial charge in [-0.1, -0.05) is 0 Å². The van der Waals surface area contributed by atoms with Crippen molar-refractivity contribution in [3.63, 3.8) is 0 Å². The fraction of sp³-hybridized carbons (Fsp3) is 0.647. The number of aliphatic hydroxyl groups is 3. The largest absolute Gasteiger partial charge is 0.463 e. The average molecular weight is 344 g/mol. The molecule has 0 rings (SSSR count). The number of hydrogen-bond donors (Lipinski definition) is 3. The summed E-state index contributed by atoms with van der Waals surface area (Å²) in [4.78, 5) is 22.8. The summed E-state index contributed by atoms with van der Waals surface area (Å²) in [5, 5.41) is 29.6. The van der Waals surface area contributed by atoms with Crippen LogP contribution in [0.25, 0.3) is 0 Å². The van der Waals surface area contributed by atoms with E-state index in [1.807, 2.05) is 0 Å². The molecule has 3 N–H and O–H groups in total. The van der Waals surface area contributed by atoms with E-state index in [1.54, 1.807) is 13.8 Å². The van der Waals surface area contributed by atoms with Gasteiger partial charge in [-0.15, -0.1) is 0 Å². The molecule has 138 valence electrons. The maximum atomic E-state index is 11.4. The molecule has 0 spiro atoms. The lowest BCUT2D eigenvalue weighted by Crippen LogP contribution is -2.22. The second-order valence-corrected chi connectivity index (χ2v) is 5.40. The van der Waals surface area contributed by atoms with E-state index >= 15 is 0 Å². The van der Waals surface area contributed by atoms with E-state index in [1.165, 1.54) is 26.0 Å². The molecule has 0 fully saturated rings. The van der Waals surface area contributed by atoms with Crippen LogP contribution in [-0.2, 0) is 19.1 Å². The van der Waals surface area contributed by atoms with Crippen molar-refractivity contribution in [2.24, 2.45) is 0 Å². The molecule has 0 heterocycles. The van der Waals surface area contributed by atoms with Gasteiger partial charge in [0.2, 0.25) is 0 Å². The molecule has 0 saturated heterocycles. The van der Waals surface area contributed by atoms with Crippen LogP contribution < -0.4 is 0 Å². The Morgan fingerprint density at radius 3 is 1.46 bits per heavy atom. The molecule has 0 aromatic carbocycles. The standard InChI is InChI=1S/C17H28O7/c1-5-23-16(21)11(3)7-13(18)9-15(20)10-14(19)8-12(4)17(22)24-6-2/h7-8,13-15,18-20H,5-6,9-10H2,1-4H3/b11-7+,12-8+/t13-,14-/m0/s1. The van der Waals surface area contributed by atoms with Crippen LogP contribution in [0.5, 0.6) is 0 Å². The maximum absolute atomic E-state index is 11.4. The summed E-state index contributed by atoms with van der Waals surface area (Å²) in [5.74, 6) is -1.06. The lowest BCUT2D eigenvalue weighted by atomic mass is 10.0. The Bertz CT molecular complexity index is 426. The number of rotatable bonds is 10. The van der Waals surface area contributed by atoms with E-state index in [0.717, 1.165) is 0 Å². The van der Waals surface area contributed by atoms with Crippen LogP contribution in [-0.4, -0.2) is 58.8 Å². The quantitative estimate of drug-likeness (QED) is 0.398. The first-order chi connectivity index (χ1) is 11.2. The highest BCUT2D eigenvalue weighted by Crippen LogP contribution is 2.11. The van der Waals surface area contributed by atoms with E-state index in [-0.39, 0.29) is 37.2 Å². The van der Waals surface area contributed by atoms with Gasteiger partial charge in [0.1, 0.15) is 0 Å². The Labute approximate surface area is 142 Å². The van der Waals surface area contributed by atoms with Crippen LogP contribution in [0, 0.1) is 0 Å². The summed E-state index contributed by atoms with van der Waals surface area (Å²) in [7, 11) is 0. The molecule has 0 aliphatic carbocycles. The summed E-state index contributed by atoms with van der Waals surface area (Å²) < 4.78 is 9.58. The van der Waals surface area contributed by atoms with Gasteiger partial charge in [-0.05, 0) is 39.8 Å². The summed E-state index contributed by atoms with van der Waals surface area (Å²) >= 11 is 0. The first kappa shape index (κ1) is 22.3. The zero-order chi connectivity index (χ0) is 18.7.